The lowest BCUT2D eigenvalue weighted by Crippen LogP contribution is -1.79. The van der Waals surface area contributed by atoms with Gasteiger partial charge < -0.3 is 9.52 Å². The molecule has 0 aliphatic rings. The maximum Gasteiger partial charge on any atom is 0.249 e. The summed E-state index contributed by atoms with van der Waals surface area (Å²) < 4.78 is 6.08. The van der Waals surface area contributed by atoms with Crippen LogP contribution in [-0.2, 0) is 6.61 Å². The number of rotatable bonds is 2. The first-order valence-corrected chi connectivity index (χ1v) is 4.78. The molecule has 1 aromatic heterocycles. The Kier molecular flexibility index (Phi) is 2.60. The molecular weight excluding hydrogens is 248 g/mol. The van der Waals surface area contributed by atoms with Gasteiger partial charge in [-0.1, -0.05) is 12.1 Å². The van der Waals surface area contributed by atoms with Crippen LogP contribution in [-0.4, -0.2) is 15.3 Å². The Bertz CT molecular complexity index is 442. The third-order valence-corrected chi connectivity index (χ3v) is 2.40. The van der Waals surface area contributed by atoms with Gasteiger partial charge in [0.1, 0.15) is 6.61 Å². The Morgan fingerprint density at radius 2 is 2.07 bits per heavy atom. The average molecular weight is 255 g/mol. The van der Waals surface area contributed by atoms with E-state index in [4.69, 9.17) is 9.52 Å². The first-order chi connectivity index (χ1) is 6.81. The smallest absolute Gasteiger partial charge is 0.249 e. The Morgan fingerprint density at radius 1 is 1.29 bits per heavy atom. The van der Waals surface area contributed by atoms with Crippen LogP contribution < -0.4 is 0 Å². The summed E-state index contributed by atoms with van der Waals surface area (Å²) in [4.78, 5) is 0. The molecule has 1 aromatic carbocycles. The fraction of sp³-hybridized carbons (Fsp3) is 0.111. The van der Waals surface area contributed by atoms with Crippen LogP contribution in [0.25, 0.3) is 11.5 Å². The van der Waals surface area contributed by atoms with Gasteiger partial charge >= 0.3 is 0 Å². The molecule has 72 valence electrons. The highest BCUT2D eigenvalue weighted by molar-refractivity contribution is 9.10. The second-order valence-electron chi connectivity index (χ2n) is 2.64. The van der Waals surface area contributed by atoms with E-state index in [0.29, 0.717) is 5.89 Å². The molecule has 0 aliphatic carbocycles. The quantitative estimate of drug-likeness (QED) is 0.891. The Hall–Kier alpha value is -1.20. The van der Waals surface area contributed by atoms with E-state index in [-0.39, 0.29) is 12.5 Å². The summed E-state index contributed by atoms with van der Waals surface area (Å²) >= 11 is 3.37. The molecule has 0 saturated carbocycles. The van der Waals surface area contributed by atoms with Gasteiger partial charge in [-0.15, -0.1) is 10.2 Å². The zero-order chi connectivity index (χ0) is 9.97. The van der Waals surface area contributed by atoms with E-state index in [0.717, 1.165) is 10.0 Å². The molecule has 0 fully saturated rings. The third kappa shape index (κ3) is 1.69. The van der Waals surface area contributed by atoms with E-state index < -0.39 is 0 Å². The molecule has 0 atom stereocenters. The van der Waals surface area contributed by atoms with Gasteiger partial charge in [0.15, 0.2) is 0 Å². The number of halogens is 1. The van der Waals surface area contributed by atoms with Crippen LogP contribution in [0.3, 0.4) is 0 Å². The van der Waals surface area contributed by atoms with Gasteiger partial charge in [-0.05, 0) is 28.1 Å². The first-order valence-electron chi connectivity index (χ1n) is 3.99. The number of nitrogens with zero attached hydrogens (tertiary/aromatic N) is 2. The van der Waals surface area contributed by atoms with Crippen molar-refractivity contribution in [2.24, 2.45) is 0 Å². The fourth-order valence-corrected chi connectivity index (χ4v) is 1.52. The van der Waals surface area contributed by atoms with E-state index in [1.165, 1.54) is 0 Å². The highest BCUT2D eigenvalue weighted by Crippen LogP contribution is 2.26. The van der Waals surface area contributed by atoms with E-state index in [1.807, 2.05) is 24.3 Å². The molecule has 2 aromatic rings. The molecule has 2 rings (SSSR count). The molecule has 5 heteroatoms. The molecular formula is C9H7BrN2O2. The molecule has 4 nitrogen and oxygen atoms in total. The van der Waals surface area contributed by atoms with E-state index >= 15 is 0 Å². The lowest BCUT2D eigenvalue weighted by atomic mass is 10.2. The molecule has 0 amide bonds. The molecule has 0 aliphatic heterocycles. The monoisotopic (exact) mass is 254 g/mol. The van der Waals surface area contributed by atoms with E-state index in [1.54, 1.807) is 0 Å². The predicted molar refractivity (Wildman–Crippen MR) is 53.4 cm³/mol. The number of aliphatic hydroxyl groups is 1. The zero-order valence-corrected chi connectivity index (χ0v) is 8.73. The lowest BCUT2D eigenvalue weighted by molar-refractivity contribution is 0.241. The van der Waals surface area contributed by atoms with Crippen molar-refractivity contribution >= 4 is 15.9 Å². The molecule has 0 radical (unpaired) electrons. The molecule has 0 bridgehead atoms. The normalized spacial score (nSPS) is 10.4. The van der Waals surface area contributed by atoms with Crippen molar-refractivity contribution in [3.05, 3.63) is 34.6 Å². The van der Waals surface area contributed by atoms with Crippen molar-refractivity contribution in [3.63, 3.8) is 0 Å². The summed E-state index contributed by atoms with van der Waals surface area (Å²) in [6.45, 7) is -0.239. The average Bonchev–Trinajstić information content (AvgIpc) is 2.67. The van der Waals surface area contributed by atoms with Crippen LogP contribution in [0.4, 0.5) is 0 Å². The highest BCUT2D eigenvalue weighted by Gasteiger charge is 2.09. The van der Waals surface area contributed by atoms with Crippen LogP contribution >= 0.6 is 15.9 Å². The molecule has 1 heterocycles. The minimum atomic E-state index is -0.239. The summed E-state index contributed by atoms with van der Waals surface area (Å²) in [5.41, 5.74) is 0.819. The summed E-state index contributed by atoms with van der Waals surface area (Å²) in [6, 6.07) is 7.52. The van der Waals surface area contributed by atoms with Crippen LogP contribution in [0.15, 0.2) is 33.2 Å². The van der Waals surface area contributed by atoms with Gasteiger partial charge in [-0.2, -0.15) is 0 Å². The Labute approximate surface area is 88.7 Å². The van der Waals surface area contributed by atoms with Gasteiger partial charge in [-0.25, -0.2) is 0 Å². The third-order valence-electron chi connectivity index (χ3n) is 1.71. The number of aromatic nitrogens is 2. The molecule has 14 heavy (non-hydrogen) atoms. The van der Waals surface area contributed by atoms with Gasteiger partial charge in [0.25, 0.3) is 0 Å². The van der Waals surface area contributed by atoms with Gasteiger partial charge in [0.05, 0.1) is 5.56 Å². The van der Waals surface area contributed by atoms with Gasteiger partial charge in [-0.3, -0.25) is 0 Å². The van der Waals surface area contributed by atoms with Crippen molar-refractivity contribution < 1.29 is 9.52 Å². The van der Waals surface area contributed by atoms with E-state index in [9.17, 15) is 0 Å². The van der Waals surface area contributed by atoms with Crippen LogP contribution in [0.5, 0.6) is 0 Å². The summed E-state index contributed by atoms with van der Waals surface area (Å²) in [5.74, 6) is 0.622. The number of aliphatic hydroxyl groups excluding tert-OH is 1. The van der Waals surface area contributed by atoms with Crippen LogP contribution in [0, 0.1) is 0 Å². The zero-order valence-electron chi connectivity index (χ0n) is 7.14. The second kappa shape index (κ2) is 3.89. The molecule has 0 unspecified atom stereocenters. The Balaban J connectivity index is 2.44. The van der Waals surface area contributed by atoms with Crippen molar-refractivity contribution in [1.29, 1.82) is 0 Å². The Morgan fingerprint density at radius 3 is 2.71 bits per heavy atom. The van der Waals surface area contributed by atoms with Gasteiger partial charge in [0.2, 0.25) is 11.8 Å². The van der Waals surface area contributed by atoms with Crippen molar-refractivity contribution in [2.75, 3.05) is 0 Å². The van der Waals surface area contributed by atoms with E-state index in [2.05, 4.69) is 26.1 Å². The van der Waals surface area contributed by atoms with Crippen LogP contribution in [0.1, 0.15) is 5.89 Å². The van der Waals surface area contributed by atoms with Crippen molar-refractivity contribution in [1.82, 2.24) is 10.2 Å². The lowest BCUT2D eigenvalue weighted by Gasteiger charge is -1.96. The highest BCUT2D eigenvalue weighted by atomic mass is 79.9. The largest absolute Gasteiger partial charge is 0.418 e. The maximum absolute atomic E-state index is 8.76. The number of hydrogen-bond acceptors (Lipinski definition) is 4. The summed E-state index contributed by atoms with van der Waals surface area (Å²) in [5, 5.41) is 16.2. The maximum atomic E-state index is 8.76. The molecule has 0 saturated heterocycles. The SMILES string of the molecule is OCc1nnc(-c2ccccc2Br)o1. The second-order valence-corrected chi connectivity index (χ2v) is 3.49. The predicted octanol–water partition coefficient (Wildman–Crippen LogP) is 1.99. The van der Waals surface area contributed by atoms with Crippen molar-refractivity contribution in [3.8, 4) is 11.5 Å². The van der Waals surface area contributed by atoms with Crippen LogP contribution in [0.2, 0.25) is 0 Å². The molecule has 0 spiro atoms. The minimum Gasteiger partial charge on any atom is -0.418 e. The summed E-state index contributed by atoms with van der Waals surface area (Å²) in [6.07, 6.45) is 0. The topological polar surface area (TPSA) is 59.2 Å². The van der Waals surface area contributed by atoms with Crippen molar-refractivity contribution in [2.45, 2.75) is 6.61 Å². The number of benzene rings is 1. The minimum absolute atomic E-state index is 0.218. The fourth-order valence-electron chi connectivity index (χ4n) is 1.06. The standard InChI is InChI=1S/C9H7BrN2O2/c10-7-4-2-1-3-6(7)9-12-11-8(5-13)14-9/h1-4,13H,5H2. The summed E-state index contributed by atoms with van der Waals surface area (Å²) in [7, 11) is 0. The van der Waals surface area contributed by atoms with Gasteiger partial charge in [0, 0.05) is 4.47 Å². The molecule has 1 N–H and O–H groups in total. The number of hydrogen-bond donors (Lipinski definition) is 1. The first kappa shape index (κ1) is 9.36.